The summed E-state index contributed by atoms with van der Waals surface area (Å²) in [5.74, 6) is 1.05. The highest BCUT2D eigenvalue weighted by atomic mass is 32.1. The van der Waals surface area contributed by atoms with Crippen LogP contribution >= 0.6 is 11.3 Å². The Bertz CT molecular complexity index is 649. The minimum Gasteiger partial charge on any atom is -0.382 e. The summed E-state index contributed by atoms with van der Waals surface area (Å²) >= 11 is 1.70. The smallest absolute Gasteiger partial charge is 0.323 e. The molecule has 0 aromatic carbocycles. The number of hydrogen-bond donors (Lipinski definition) is 1. The Morgan fingerprint density at radius 2 is 2.29 bits per heavy atom. The summed E-state index contributed by atoms with van der Waals surface area (Å²) in [6.45, 7) is 4.10. The van der Waals surface area contributed by atoms with Crippen LogP contribution in [0.4, 0.5) is 10.6 Å². The number of rotatable bonds is 5. The Kier molecular flexibility index (Phi) is 5.47. The number of carbonyl (C=O) groups is 1. The van der Waals surface area contributed by atoms with Crippen molar-refractivity contribution in [2.45, 2.75) is 31.7 Å². The molecule has 2 aromatic heterocycles. The molecule has 8 heteroatoms. The number of piperidine rings is 1. The standard InChI is InChI=1S/C16H23N5O2S/c1-12(11-23-2)21-9-5-14(19-21)18-16(22)20-7-3-13(4-8-20)15-17-6-10-24-15/h5-6,9-10,12-13H,3-4,7-8,11H2,1-2H3,(H,18,19,22)/t12-/m1/s1. The van der Waals surface area contributed by atoms with E-state index in [2.05, 4.69) is 15.4 Å². The fourth-order valence-corrected chi connectivity index (χ4v) is 3.73. The Morgan fingerprint density at radius 3 is 2.96 bits per heavy atom. The number of thiazole rings is 1. The maximum absolute atomic E-state index is 12.4. The zero-order valence-electron chi connectivity index (χ0n) is 14.0. The van der Waals surface area contributed by atoms with Gasteiger partial charge in [0.25, 0.3) is 0 Å². The lowest BCUT2D eigenvalue weighted by Gasteiger charge is -2.30. The van der Waals surface area contributed by atoms with E-state index >= 15 is 0 Å². The Hall–Kier alpha value is -1.93. The Balaban J connectivity index is 1.51. The number of nitrogens with one attached hydrogen (secondary N) is 1. The molecule has 1 N–H and O–H groups in total. The van der Waals surface area contributed by atoms with Gasteiger partial charge >= 0.3 is 6.03 Å². The molecular formula is C16H23N5O2S. The number of ether oxygens (including phenoxy) is 1. The number of anilines is 1. The van der Waals surface area contributed by atoms with Crippen molar-refractivity contribution in [1.29, 1.82) is 0 Å². The van der Waals surface area contributed by atoms with Gasteiger partial charge in [-0.05, 0) is 19.8 Å². The van der Waals surface area contributed by atoms with Crippen LogP contribution in [0.1, 0.15) is 36.7 Å². The number of nitrogens with zero attached hydrogens (tertiary/aromatic N) is 4. The molecule has 2 aromatic rings. The SMILES string of the molecule is COC[C@@H](C)n1ccc(NC(=O)N2CCC(c3nccs3)CC2)n1. The molecule has 0 spiro atoms. The van der Waals surface area contributed by atoms with Crippen molar-refractivity contribution in [2.75, 3.05) is 32.1 Å². The van der Waals surface area contributed by atoms with Crippen LogP contribution in [-0.2, 0) is 4.74 Å². The highest BCUT2D eigenvalue weighted by molar-refractivity contribution is 7.09. The van der Waals surface area contributed by atoms with E-state index in [1.54, 1.807) is 23.1 Å². The zero-order valence-corrected chi connectivity index (χ0v) is 14.8. The van der Waals surface area contributed by atoms with Crippen molar-refractivity contribution in [3.05, 3.63) is 28.8 Å². The van der Waals surface area contributed by atoms with Crippen molar-refractivity contribution >= 4 is 23.2 Å². The van der Waals surface area contributed by atoms with Crippen LogP contribution in [0.5, 0.6) is 0 Å². The normalized spacial score (nSPS) is 17.0. The predicted molar refractivity (Wildman–Crippen MR) is 93.5 cm³/mol. The first kappa shape index (κ1) is 16.9. The third-order valence-corrected chi connectivity index (χ3v) is 5.22. The molecular weight excluding hydrogens is 326 g/mol. The second kappa shape index (κ2) is 7.76. The molecule has 1 fully saturated rings. The van der Waals surface area contributed by atoms with Gasteiger partial charge in [-0.3, -0.25) is 10.00 Å². The van der Waals surface area contributed by atoms with Crippen molar-refractivity contribution in [2.24, 2.45) is 0 Å². The van der Waals surface area contributed by atoms with E-state index in [0.29, 0.717) is 18.3 Å². The van der Waals surface area contributed by atoms with Crippen LogP contribution < -0.4 is 5.32 Å². The molecule has 1 aliphatic heterocycles. The van der Waals surface area contributed by atoms with Gasteiger partial charge in [-0.25, -0.2) is 9.78 Å². The van der Waals surface area contributed by atoms with Gasteiger partial charge in [-0.15, -0.1) is 11.3 Å². The van der Waals surface area contributed by atoms with Crippen LogP contribution in [0.2, 0.25) is 0 Å². The maximum atomic E-state index is 12.4. The zero-order chi connectivity index (χ0) is 16.9. The van der Waals surface area contributed by atoms with Crippen LogP contribution in [0.15, 0.2) is 23.8 Å². The van der Waals surface area contributed by atoms with Crippen molar-refractivity contribution in [1.82, 2.24) is 19.7 Å². The minimum absolute atomic E-state index is 0.0859. The summed E-state index contributed by atoms with van der Waals surface area (Å²) in [6.07, 6.45) is 5.62. The summed E-state index contributed by atoms with van der Waals surface area (Å²) in [5.41, 5.74) is 0. The number of amides is 2. The van der Waals surface area contributed by atoms with Gasteiger partial charge in [0.15, 0.2) is 5.82 Å². The van der Waals surface area contributed by atoms with E-state index < -0.39 is 0 Å². The fraction of sp³-hybridized carbons (Fsp3) is 0.562. The van der Waals surface area contributed by atoms with Crippen molar-refractivity contribution < 1.29 is 9.53 Å². The first-order valence-electron chi connectivity index (χ1n) is 8.16. The number of aromatic nitrogens is 3. The molecule has 7 nitrogen and oxygen atoms in total. The molecule has 1 atom stereocenters. The van der Waals surface area contributed by atoms with Crippen molar-refractivity contribution in [3.8, 4) is 0 Å². The molecule has 0 unspecified atom stereocenters. The summed E-state index contributed by atoms with van der Waals surface area (Å²) in [6, 6.07) is 1.86. The number of hydrogen-bond acceptors (Lipinski definition) is 5. The second-order valence-electron chi connectivity index (χ2n) is 6.05. The second-order valence-corrected chi connectivity index (χ2v) is 6.97. The molecule has 3 rings (SSSR count). The lowest BCUT2D eigenvalue weighted by atomic mass is 9.98. The summed E-state index contributed by atoms with van der Waals surface area (Å²) in [7, 11) is 1.66. The van der Waals surface area contributed by atoms with Gasteiger partial charge < -0.3 is 9.64 Å². The monoisotopic (exact) mass is 349 g/mol. The molecule has 1 saturated heterocycles. The van der Waals surface area contributed by atoms with E-state index in [4.69, 9.17) is 4.74 Å². The predicted octanol–water partition coefficient (Wildman–Crippen LogP) is 2.96. The molecule has 0 radical (unpaired) electrons. The van der Waals surface area contributed by atoms with Gasteiger partial charge in [0.05, 0.1) is 17.7 Å². The average Bonchev–Trinajstić information content (AvgIpc) is 3.27. The van der Waals surface area contributed by atoms with Gasteiger partial charge in [-0.1, -0.05) is 0 Å². The van der Waals surface area contributed by atoms with E-state index in [1.165, 1.54) is 5.01 Å². The topological polar surface area (TPSA) is 72.3 Å². The van der Waals surface area contributed by atoms with Crippen LogP contribution in [0.3, 0.4) is 0 Å². The molecule has 1 aliphatic rings. The Morgan fingerprint density at radius 1 is 1.50 bits per heavy atom. The Labute approximate surface area is 145 Å². The third-order valence-electron chi connectivity index (χ3n) is 4.29. The molecule has 24 heavy (non-hydrogen) atoms. The largest absolute Gasteiger partial charge is 0.382 e. The van der Waals surface area contributed by atoms with E-state index in [9.17, 15) is 4.79 Å². The van der Waals surface area contributed by atoms with E-state index in [-0.39, 0.29) is 12.1 Å². The number of likely N-dealkylation sites (tertiary alicyclic amines) is 1. The van der Waals surface area contributed by atoms with Crippen LogP contribution in [0.25, 0.3) is 0 Å². The number of methoxy groups -OCH3 is 1. The van der Waals surface area contributed by atoms with Gasteiger partial charge in [0, 0.05) is 50.0 Å². The molecule has 130 valence electrons. The fourth-order valence-electron chi connectivity index (χ4n) is 2.92. The number of carbonyl (C=O) groups excluding carboxylic acids is 1. The highest BCUT2D eigenvalue weighted by Gasteiger charge is 2.25. The lowest BCUT2D eigenvalue weighted by Crippen LogP contribution is -2.40. The molecule has 0 aliphatic carbocycles. The maximum Gasteiger partial charge on any atom is 0.323 e. The molecule has 2 amide bonds. The highest BCUT2D eigenvalue weighted by Crippen LogP contribution is 2.29. The van der Waals surface area contributed by atoms with Crippen molar-refractivity contribution in [3.63, 3.8) is 0 Å². The van der Waals surface area contributed by atoms with Gasteiger partial charge in [-0.2, -0.15) is 5.10 Å². The summed E-state index contributed by atoms with van der Waals surface area (Å²) in [4.78, 5) is 18.6. The van der Waals surface area contributed by atoms with Gasteiger partial charge in [0.2, 0.25) is 0 Å². The van der Waals surface area contributed by atoms with Crippen LogP contribution in [-0.4, -0.2) is 52.5 Å². The molecule has 0 saturated carbocycles. The van der Waals surface area contributed by atoms with E-state index in [1.807, 2.05) is 35.7 Å². The minimum atomic E-state index is -0.0859. The molecule has 0 bridgehead atoms. The average molecular weight is 349 g/mol. The first-order chi connectivity index (χ1) is 11.7. The summed E-state index contributed by atoms with van der Waals surface area (Å²) < 4.78 is 6.92. The summed E-state index contributed by atoms with van der Waals surface area (Å²) in [5, 5.41) is 10.5. The van der Waals surface area contributed by atoms with E-state index in [0.717, 1.165) is 25.9 Å². The first-order valence-corrected chi connectivity index (χ1v) is 9.04. The van der Waals surface area contributed by atoms with Gasteiger partial charge in [0.1, 0.15) is 0 Å². The number of urea groups is 1. The lowest BCUT2D eigenvalue weighted by molar-refractivity contribution is 0.157. The quantitative estimate of drug-likeness (QED) is 0.901. The van der Waals surface area contributed by atoms with Crippen LogP contribution in [0, 0.1) is 0 Å². The molecule has 3 heterocycles. The third kappa shape index (κ3) is 3.93.